The molecule has 1 aliphatic rings. The van der Waals surface area contributed by atoms with Gasteiger partial charge in [-0.25, -0.2) is 9.37 Å². The Morgan fingerprint density at radius 2 is 1.77 bits per heavy atom. The lowest BCUT2D eigenvalue weighted by atomic mass is 10.2. The number of nitrogens with one attached hydrogen (secondary N) is 1. The summed E-state index contributed by atoms with van der Waals surface area (Å²) < 4.78 is 53.8. The van der Waals surface area contributed by atoms with Crippen molar-refractivity contribution in [2.45, 2.75) is 24.9 Å². The maximum absolute atomic E-state index is 13.9. The minimum Gasteiger partial charge on any atom is -0.323 e. The smallest absolute Gasteiger partial charge is 0.323 e. The lowest BCUT2D eigenvalue weighted by Crippen LogP contribution is -2.08. The predicted octanol–water partition coefficient (Wildman–Crippen LogP) is 4.99. The number of imidazole rings is 1. The van der Waals surface area contributed by atoms with Crippen molar-refractivity contribution in [3.05, 3.63) is 65.9 Å². The van der Waals surface area contributed by atoms with Crippen LogP contribution in [0.2, 0.25) is 0 Å². The minimum absolute atomic E-state index is 0.104. The molecule has 0 atom stereocenters. The second-order valence-electron chi connectivity index (χ2n) is 7.05. The largest absolute Gasteiger partial charge is 0.416 e. The van der Waals surface area contributed by atoms with E-state index in [9.17, 15) is 17.6 Å². The molecule has 0 aliphatic heterocycles. The molecular weight excluding hydrogens is 400 g/mol. The number of rotatable bonds is 4. The van der Waals surface area contributed by atoms with Crippen LogP contribution in [0, 0.1) is 5.82 Å². The Bertz CT molecular complexity index is 1230. The number of halogens is 4. The molecule has 5 rings (SSSR count). The maximum Gasteiger partial charge on any atom is 0.416 e. The highest BCUT2D eigenvalue weighted by molar-refractivity contribution is 5.78. The van der Waals surface area contributed by atoms with Gasteiger partial charge in [-0.15, -0.1) is 5.10 Å². The average molecular weight is 414 g/mol. The van der Waals surface area contributed by atoms with Crippen molar-refractivity contribution in [3.8, 4) is 5.82 Å². The first kappa shape index (κ1) is 18.5. The highest BCUT2D eigenvalue weighted by Gasteiger charge is 2.31. The van der Waals surface area contributed by atoms with Crippen LogP contribution < -0.4 is 5.32 Å². The van der Waals surface area contributed by atoms with Gasteiger partial charge in [0.2, 0.25) is 5.95 Å². The van der Waals surface area contributed by atoms with E-state index in [0.717, 1.165) is 30.8 Å². The van der Waals surface area contributed by atoms with Gasteiger partial charge >= 0.3 is 6.18 Å². The van der Waals surface area contributed by atoms with Gasteiger partial charge in [-0.1, -0.05) is 0 Å². The van der Waals surface area contributed by atoms with Crippen molar-refractivity contribution in [2.24, 2.45) is 0 Å². The molecule has 4 aromatic rings. The number of hydrogen-bond donors (Lipinski definition) is 1. The first-order valence-corrected chi connectivity index (χ1v) is 9.21. The summed E-state index contributed by atoms with van der Waals surface area (Å²) >= 11 is 0. The molecule has 1 fully saturated rings. The Hall–Kier alpha value is -3.56. The molecule has 1 saturated carbocycles. The average Bonchev–Trinajstić information content (AvgIpc) is 3.49. The van der Waals surface area contributed by atoms with Crippen molar-refractivity contribution in [1.29, 1.82) is 0 Å². The number of benzene rings is 2. The number of aromatic nitrogens is 5. The molecule has 6 nitrogen and oxygen atoms in total. The molecule has 2 heterocycles. The fourth-order valence-electron chi connectivity index (χ4n) is 3.25. The molecule has 30 heavy (non-hydrogen) atoms. The predicted molar refractivity (Wildman–Crippen MR) is 101 cm³/mol. The first-order chi connectivity index (χ1) is 14.4. The van der Waals surface area contributed by atoms with Crippen LogP contribution in [-0.2, 0) is 6.18 Å². The first-order valence-electron chi connectivity index (χ1n) is 9.21. The fourth-order valence-corrected chi connectivity index (χ4v) is 3.25. The topological polar surface area (TPSA) is 68.5 Å². The molecule has 0 saturated heterocycles. The van der Waals surface area contributed by atoms with Gasteiger partial charge in [0.15, 0.2) is 5.82 Å². The van der Waals surface area contributed by atoms with Crippen LogP contribution >= 0.6 is 0 Å². The van der Waals surface area contributed by atoms with Gasteiger partial charge in [0.05, 0.1) is 22.8 Å². The second kappa shape index (κ2) is 6.75. The van der Waals surface area contributed by atoms with Gasteiger partial charge in [0.1, 0.15) is 11.6 Å². The van der Waals surface area contributed by atoms with E-state index in [1.807, 2.05) is 0 Å². The SMILES string of the molecule is Fc1ccc2nc(C3CC3)n(-c3cnnc(Nc4ccc(C(F)(F)F)cc4)n3)c2c1. The lowest BCUT2D eigenvalue weighted by Gasteiger charge is -2.10. The van der Waals surface area contributed by atoms with Crippen LogP contribution in [0.1, 0.15) is 30.1 Å². The lowest BCUT2D eigenvalue weighted by molar-refractivity contribution is -0.137. The van der Waals surface area contributed by atoms with Crippen LogP contribution in [-0.4, -0.2) is 24.7 Å². The third-order valence-corrected chi connectivity index (χ3v) is 4.83. The maximum atomic E-state index is 13.9. The van der Waals surface area contributed by atoms with Gasteiger partial charge in [-0.3, -0.25) is 4.57 Å². The van der Waals surface area contributed by atoms with Crippen molar-refractivity contribution in [2.75, 3.05) is 5.32 Å². The Labute approximate surface area is 167 Å². The summed E-state index contributed by atoms with van der Waals surface area (Å²) in [5.74, 6) is 1.15. The molecule has 2 aromatic heterocycles. The molecule has 0 unspecified atom stereocenters. The van der Waals surface area contributed by atoms with Crippen LogP contribution in [0.4, 0.5) is 29.2 Å². The number of alkyl halides is 3. The number of hydrogen-bond acceptors (Lipinski definition) is 5. The van der Waals surface area contributed by atoms with Crippen molar-refractivity contribution < 1.29 is 17.6 Å². The molecule has 0 spiro atoms. The third-order valence-electron chi connectivity index (χ3n) is 4.83. The number of anilines is 2. The van der Waals surface area contributed by atoms with E-state index in [0.29, 0.717) is 22.5 Å². The van der Waals surface area contributed by atoms with Crippen molar-refractivity contribution in [3.63, 3.8) is 0 Å². The van der Waals surface area contributed by atoms with Crippen LogP contribution in [0.3, 0.4) is 0 Å². The van der Waals surface area contributed by atoms with E-state index in [4.69, 9.17) is 0 Å². The van der Waals surface area contributed by atoms with Gasteiger partial charge in [-0.2, -0.15) is 23.3 Å². The molecule has 1 N–H and O–H groups in total. The normalized spacial score (nSPS) is 14.3. The monoisotopic (exact) mass is 414 g/mol. The molecule has 0 amide bonds. The molecule has 152 valence electrons. The second-order valence-corrected chi connectivity index (χ2v) is 7.05. The van der Waals surface area contributed by atoms with Gasteiger partial charge in [0.25, 0.3) is 0 Å². The van der Waals surface area contributed by atoms with Gasteiger partial charge in [0, 0.05) is 17.7 Å². The summed E-state index contributed by atoms with van der Waals surface area (Å²) in [7, 11) is 0. The van der Waals surface area contributed by atoms with Crippen molar-refractivity contribution in [1.82, 2.24) is 24.7 Å². The highest BCUT2D eigenvalue weighted by Crippen LogP contribution is 2.41. The van der Waals surface area contributed by atoms with Gasteiger partial charge in [-0.05, 0) is 49.2 Å². The molecule has 0 bridgehead atoms. The quantitative estimate of drug-likeness (QED) is 0.477. The van der Waals surface area contributed by atoms with E-state index in [-0.39, 0.29) is 11.9 Å². The van der Waals surface area contributed by atoms with Gasteiger partial charge < -0.3 is 5.32 Å². The molecule has 2 aromatic carbocycles. The molecule has 1 aliphatic carbocycles. The minimum atomic E-state index is -4.41. The summed E-state index contributed by atoms with van der Waals surface area (Å²) in [6.45, 7) is 0. The van der Waals surface area contributed by atoms with E-state index in [2.05, 4.69) is 25.5 Å². The summed E-state index contributed by atoms with van der Waals surface area (Å²) in [6.07, 6.45) is -0.995. The number of nitrogens with zero attached hydrogens (tertiary/aromatic N) is 5. The zero-order valence-electron chi connectivity index (χ0n) is 15.4. The Morgan fingerprint density at radius 3 is 2.47 bits per heavy atom. The van der Waals surface area contributed by atoms with E-state index in [1.165, 1.54) is 30.5 Å². The van der Waals surface area contributed by atoms with E-state index >= 15 is 0 Å². The Morgan fingerprint density at radius 1 is 1.00 bits per heavy atom. The van der Waals surface area contributed by atoms with Crippen LogP contribution in [0.5, 0.6) is 0 Å². The van der Waals surface area contributed by atoms with E-state index in [1.54, 1.807) is 10.6 Å². The summed E-state index contributed by atoms with van der Waals surface area (Å²) in [6, 6.07) is 8.87. The zero-order valence-corrected chi connectivity index (χ0v) is 15.4. The van der Waals surface area contributed by atoms with Crippen LogP contribution in [0.15, 0.2) is 48.7 Å². The molecular formula is C20H14F4N6. The summed E-state index contributed by atoms with van der Waals surface area (Å²) in [4.78, 5) is 9.05. The summed E-state index contributed by atoms with van der Waals surface area (Å²) in [5.41, 5.74) is 0.847. The molecule has 10 heteroatoms. The fraction of sp³-hybridized carbons (Fsp3) is 0.200. The van der Waals surface area contributed by atoms with Crippen LogP contribution in [0.25, 0.3) is 16.9 Å². The van der Waals surface area contributed by atoms with Crippen molar-refractivity contribution >= 4 is 22.7 Å². The number of fused-ring (bicyclic) bond motifs is 1. The third kappa shape index (κ3) is 3.44. The Balaban J connectivity index is 1.51. The van der Waals surface area contributed by atoms with E-state index < -0.39 is 17.6 Å². The standard InChI is InChI=1S/C20H14F4N6/c21-13-5-8-15-16(9-13)30(18(27-15)11-1-2-11)17-10-25-29-19(28-17)26-14-6-3-12(4-7-14)20(22,23)24/h3-11H,1-2H2,(H,26,28,29). The Kier molecular flexibility index (Phi) is 4.16. The summed E-state index contributed by atoms with van der Waals surface area (Å²) in [5, 5.41) is 10.7. The zero-order chi connectivity index (χ0) is 20.9. The molecule has 0 radical (unpaired) electrons. The highest BCUT2D eigenvalue weighted by atomic mass is 19.4.